The lowest BCUT2D eigenvalue weighted by molar-refractivity contribution is -0.132. The molecule has 0 radical (unpaired) electrons. The van der Waals surface area contributed by atoms with E-state index in [2.05, 4.69) is 20.5 Å². The molecule has 9 heteroatoms. The fraction of sp³-hybridized carbons (Fsp3) is 0.917. The van der Waals surface area contributed by atoms with Crippen LogP contribution in [-0.4, -0.2) is 69.5 Å². The number of hydrogen-bond donors (Lipinski definition) is 2. The number of rotatable bonds is 5. The minimum absolute atomic E-state index is 0. The average molecular weight is 424 g/mol. The van der Waals surface area contributed by atoms with E-state index in [1.54, 1.807) is 0 Å². The van der Waals surface area contributed by atoms with Crippen LogP contribution in [-0.2, 0) is 4.74 Å². The summed E-state index contributed by atoms with van der Waals surface area (Å²) in [5.74, 6) is 0.397. The maximum atomic E-state index is 12.1. The van der Waals surface area contributed by atoms with Crippen molar-refractivity contribution in [2.75, 3.05) is 46.4 Å². The van der Waals surface area contributed by atoms with Gasteiger partial charge in [-0.3, -0.25) is 4.99 Å². The number of alkyl halides is 3. The summed E-state index contributed by atoms with van der Waals surface area (Å²) in [5, 5.41) is 5.60. The summed E-state index contributed by atoms with van der Waals surface area (Å²) in [6.45, 7) is 5.06. The van der Waals surface area contributed by atoms with Gasteiger partial charge in [0.05, 0.1) is 25.7 Å². The quantitative estimate of drug-likeness (QED) is 0.399. The highest BCUT2D eigenvalue weighted by Crippen LogP contribution is 2.18. The highest BCUT2D eigenvalue weighted by Gasteiger charge is 2.26. The van der Waals surface area contributed by atoms with Crippen molar-refractivity contribution in [3.63, 3.8) is 0 Å². The van der Waals surface area contributed by atoms with E-state index in [4.69, 9.17) is 4.74 Å². The zero-order chi connectivity index (χ0) is 15.0. The van der Waals surface area contributed by atoms with Gasteiger partial charge < -0.3 is 20.3 Å². The van der Waals surface area contributed by atoms with E-state index in [-0.39, 0.29) is 36.6 Å². The molecule has 0 spiro atoms. The summed E-state index contributed by atoms with van der Waals surface area (Å²) in [7, 11) is 2.01. The van der Waals surface area contributed by atoms with E-state index < -0.39 is 12.6 Å². The number of hydrogen-bond acceptors (Lipinski definition) is 3. The molecular weight excluding hydrogens is 400 g/mol. The number of aliphatic imine (C=N–C) groups is 1. The normalized spacial score (nSPS) is 20.8. The van der Waals surface area contributed by atoms with E-state index in [0.29, 0.717) is 25.7 Å². The van der Waals surface area contributed by atoms with Crippen molar-refractivity contribution >= 4 is 29.9 Å². The van der Waals surface area contributed by atoms with E-state index in [9.17, 15) is 13.2 Å². The summed E-state index contributed by atoms with van der Waals surface area (Å²) in [6.07, 6.45) is -5.04. The summed E-state index contributed by atoms with van der Waals surface area (Å²) < 4.78 is 41.8. The molecule has 0 aromatic rings. The second-order valence-corrected chi connectivity index (χ2v) is 4.77. The van der Waals surface area contributed by atoms with Crippen LogP contribution in [0.25, 0.3) is 0 Å². The first-order valence-corrected chi connectivity index (χ1v) is 6.80. The van der Waals surface area contributed by atoms with E-state index >= 15 is 0 Å². The number of nitrogens with one attached hydrogen (secondary N) is 2. The van der Waals surface area contributed by atoms with Crippen LogP contribution < -0.4 is 10.6 Å². The molecule has 1 saturated heterocycles. The molecule has 0 amide bonds. The Morgan fingerprint density at radius 1 is 1.38 bits per heavy atom. The van der Waals surface area contributed by atoms with Crippen LogP contribution in [0.2, 0.25) is 0 Å². The number of likely N-dealkylation sites (N-methyl/N-ethyl adjacent to an activating group) is 1. The first-order valence-electron chi connectivity index (χ1n) is 6.80. The average Bonchev–Trinajstić information content (AvgIpc) is 2.34. The van der Waals surface area contributed by atoms with Crippen molar-refractivity contribution in [2.24, 2.45) is 4.99 Å². The SMILES string of the molecule is CCNC(=NCC1CN(C)CCO1)NCCC(F)(F)F.I. The fourth-order valence-electron chi connectivity index (χ4n) is 1.83. The maximum Gasteiger partial charge on any atom is 0.390 e. The molecule has 1 fully saturated rings. The molecule has 0 saturated carbocycles. The van der Waals surface area contributed by atoms with Gasteiger partial charge in [-0.1, -0.05) is 0 Å². The van der Waals surface area contributed by atoms with Gasteiger partial charge in [0.1, 0.15) is 0 Å². The lowest BCUT2D eigenvalue weighted by Crippen LogP contribution is -2.43. The molecule has 0 aromatic carbocycles. The molecule has 1 rings (SSSR count). The first-order chi connectivity index (χ1) is 9.40. The van der Waals surface area contributed by atoms with E-state index in [1.165, 1.54) is 0 Å². The third-order valence-electron chi connectivity index (χ3n) is 2.84. The van der Waals surface area contributed by atoms with Crippen molar-refractivity contribution in [1.29, 1.82) is 0 Å². The number of nitrogens with zero attached hydrogens (tertiary/aromatic N) is 2. The van der Waals surface area contributed by atoms with Crippen LogP contribution in [0.3, 0.4) is 0 Å². The van der Waals surface area contributed by atoms with Gasteiger partial charge in [0, 0.05) is 26.2 Å². The maximum absolute atomic E-state index is 12.1. The summed E-state index contributed by atoms with van der Waals surface area (Å²) in [4.78, 5) is 6.41. The van der Waals surface area contributed by atoms with Gasteiger partial charge in [0.2, 0.25) is 0 Å². The Balaban J connectivity index is 0.00000400. The predicted molar refractivity (Wildman–Crippen MR) is 87.3 cm³/mol. The molecule has 5 nitrogen and oxygen atoms in total. The molecule has 0 bridgehead atoms. The summed E-state index contributed by atoms with van der Waals surface area (Å²) in [6, 6.07) is 0. The van der Waals surface area contributed by atoms with Crippen LogP contribution in [0, 0.1) is 0 Å². The molecule has 126 valence electrons. The minimum Gasteiger partial charge on any atom is -0.374 e. The van der Waals surface area contributed by atoms with E-state index in [0.717, 1.165) is 13.1 Å². The molecule has 0 aliphatic carbocycles. The van der Waals surface area contributed by atoms with Crippen LogP contribution in [0.5, 0.6) is 0 Å². The Bertz CT molecular complexity index is 315. The van der Waals surface area contributed by atoms with E-state index in [1.807, 2.05) is 14.0 Å². The Kier molecular flexibility index (Phi) is 10.3. The molecular formula is C12H24F3IN4O. The first kappa shape index (κ1) is 20.7. The number of ether oxygens (including phenoxy) is 1. The van der Waals surface area contributed by atoms with Crippen LogP contribution in [0.15, 0.2) is 4.99 Å². The number of guanidine groups is 1. The zero-order valence-electron chi connectivity index (χ0n) is 12.4. The van der Waals surface area contributed by atoms with Crippen molar-refractivity contribution in [3.05, 3.63) is 0 Å². The topological polar surface area (TPSA) is 48.9 Å². The van der Waals surface area contributed by atoms with Gasteiger partial charge >= 0.3 is 6.18 Å². The van der Waals surface area contributed by atoms with Crippen molar-refractivity contribution in [3.8, 4) is 0 Å². The van der Waals surface area contributed by atoms with Crippen molar-refractivity contribution in [2.45, 2.75) is 25.6 Å². The summed E-state index contributed by atoms with van der Waals surface area (Å²) >= 11 is 0. The Hall–Kier alpha value is -0.290. The smallest absolute Gasteiger partial charge is 0.374 e. The Labute approximate surface area is 140 Å². The Morgan fingerprint density at radius 3 is 2.67 bits per heavy atom. The molecule has 1 unspecified atom stereocenters. The van der Waals surface area contributed by atoms with Crippen LogP contribution >= 0.6 is 24.0 Å². The van der Waals surface area contributed by atoms with Gasteiger partial charge in [0.15, 0.2) is 5.96 Å². The molecule has 2 N–H and O–H groups in total. The van der Waals surface area contributed by atoms with Gasteiger partial charge in [-0.05, 0) is 14.0 Å². The Morgan fingerprint density at radius 2 is 2.10 bits per heavy atom. The largest absolute Gasteiger partial charge is 0.390 e. The lowest BCUT2D eigenvalue weighted by atomic mass is 10.3. The van der Waals surface area contributed by atoms with Gasteiger partial charge in [-0.15, -0.1) is 24.0 Å². The number of morpholine rings is 1. The minimum atomic E-state index is -4.15. The van der Waals surface area contributed by atoms with Crippen LogP contribution in [0.4, 0.5) is 13.2 Å². The monoisotopic (exact) mass is 424 g/mol. The molecule has 21 heavy (non-hydrogen) atoms. The molecule has 1 atom stereocenters. The van der Waals surface area contributed by atoms with Gasteiger partial charge in [-0.25, -0.2) is 0 Å². The molecule has 1 aliphatic heterocycles. The van der Waals surface area contributed by atoms with Gasteiger partial charge in [0.25, 0.3) is 0 Å². The number of halogens is 4. The predicted octanol–water partition coefficient (Wildman–Crippen LogP) is 1.44. The van der Waals surface area contributed by atoms with Crippen LogP contribution in [0.1, 0.15) is 13.3 Å². The highest BCUT2D eigenvalue weighted by atomic mass is 127. The second kappa shape index (κ2) is 10.4. The molecule has 0 aromatic heterocycles. The fourth-order valence-corrected chi connectivity index (χ4v) is 1.83. The van der Waals surface area contributed by atoms with Crippen molar-refractivity contribution in [1.82, 2.24) is 15.5 Å². The third kappa shape index (κ3) is 10.1. The van der Waals surface area contributed by atoms with Crippen molar-refractivity contribution < 1.29 is 17.9 Å². The summed E-state index contributed by atoms with van der Waals surface area (Å²) in [5.41, 5.74) is 0. The highest BCUT2D eigenvalue weighted by molar-refractivity contribution is 14.0. The molecule has 1 aliphatic rings. The molecule has 1 heterocycles. The zero-order valence-corrected chi connectivity index (χ0v) is 14.7. The van der Waals surface area contributed by atoms with Gasteiger partial charge in [-0.2, -0.15) is 13.2 Å². The standard InChI is InChI=1S/C12H23F3N4O.HI/c1-3-16-11(17-5-4-12(13,14)15)18-8-10-9-19(2)6-7-20-10;/h10H,3-9H2,1-2H3,(H2,16,17,18);1H. The second-order valence-electron chi connectivity index (χ2n) is 4.77. The lowest BCUT2D eigenvalue weighted by Gasteiger charge is -2.29. The third-order valence-corrected chi connectivity index (χ3v) is 2.84.